The molecule has 1 aromatic rings. The van der Waals surface area contributed by atoms with Crippen molar-refractivity contribution >= 4 is 44.6 Å². The normalized spacial score (nSPS) is 21.9. The number of nitrogens with zero attached hydrogens (tertiary/aromatic N) is 1. The van der Waals surface area contributed by atoms with Crippen molar-refractivity contribution in [3.05, 3.63) is 21.2 Å². The number of halogens is 2. The molecule has 0 atom stereocenters. The molecule has 0 aliphatic carbocycles. The topological polar surface area (TPSA) is 31.4 Å². The highest BCUT2D eigenvalue weighted by Gasteiger charge is 2.52. The molecular weight excluding hydrogens is 349 g/mol. The molecule has 1 aliphatic heterocycles. The van der Waals surface area contributed by atoms with Gasteiger partial charge in [0.25, 0.3) is 0 Å². The number of aromatic nitrogens is 1. The average Bonchev–Trinajstić information content (AvgIpc) is 2.41. The molecule has 0 unspecified atom stereocenters. The molecule has 92 valence electrons. The molecule has 2 heterocycles. The van der Waals surface area contributed by atoms with Crippen molar-refractivity contribution in [2.45, 2.75) is 38.9 Å². The zero-order chi connectivity index (χ0) is 12.8. The molecule has 0 bridgehead atoms. The monoisotopic (exact) mass is 361 g/mol. The smallest absolute Gasteiger partial charge is 0.398 e. The van der Waals surface area contributed by atoms with Crippen molar-refractivity contribution in [2.75, 3.05) is 0 Å². The van der Waals surface area contributed by atoms with Gasteiger partial charge in [-0.2, -0.15) is 0 Å². The highest BCUT2D eigenvalue weighted by atomic mass is 79.9. The summed E-state index contributed by atoms with van der Waals surface area (Å²) in [6.45, 7) is 8.11. The predicted molar refractivity (Wildman–Crippen MR) is 75.4 cm³/mol. The standard InChI is InChI=1S/C11H14BBr2NO2/c1-10(2)11(3,4)17-12(16-10)8-6-5-7(13)9(14)15-8/h5-6H,1-4H3. The van der Waals surface area contributed by atoms with Crippen LogP contribution < -0.4 is 5.59 Å². The third-order valence-corrected chi connectivity index (χ3v) is 5.10. The third kappa shape index (κ3) is 2.45. The second-order valence-electron chi connectivity index (χ2n) is 5.10. The fraction of sp³-hybridized carbons (Fsp3) is 0.545. The van der Waals surface area contributed by atoms with Gasteiger partial charge in [-0.1, -0.05) is 0 Å². The maximum atomic E-state index is 5.92. The number of hydrogen-bond acceptors (Lipinski definition) is 3. The van der Waals surface area contributed by atoms with Crippen molar-refractivity contribution in [1.29, 1.82) is 0 Å². The van der Waals surface area contributed by atoms with Crippen molar-refractivity contribution in [1.82, 2.24) is 4.98 Å². The van der Waals surface area contributed by atoms with E-state index in [9.17, 15) is 0 Å². The largest absolute Gasteiger partial charge is 0.514 e. The SMILES string of the molecule is CC1(C)OB(c2ccc(Br)c(Br)n2)OC1(C)C. The minimum absolute atomic E-state index is 0.334. The molecule has 1 aliphatic rings. The Labute approximate surface area is 119 Å². The van der Waals surface area contributed by atoms with E-state index in [1.807, 2.05) is 39.8 Å². The number of rotatable bonds is 1. The van der Waals surface area contributed by atoms with Crippen molar-refractivity contribution in [3.8, 4) is 0 Å². The highest BCUT2D eigenvalue weighted by Crippen LogP contribution is 2.36. The first-order valence-electron chi connectivity index (χ1n) is 5.40. The molecular formula is C11H14BBr2NO2. The molecule has 0 aromatic carbocycles. The summed E-state index contributed by atoms with van der Waals surface area (Å²) in [5.41, 5.74) is 0.108. The van der Waals surface area contributed by atoms with Gasteiger partial charge in [-0.3, -0.25) is 0 Å². The van der Waals surface area contributed by atoms with E-state index in [1.54, 1.807) is 0 Å². The Bertz CT molecular complexity index is 435. The van der Waals surface area contributed by atoms with Crippen LogP contribution in [0.4, 0.5) is 0 Å². The fourth-order valence-electron chi connectivity index (χ4n) is 1.53. The van der Waals surface area contributed by atoms with Crippen LogP contribution in [-0.2, 0) is 9.31 Å². The fourth-order valence-corrected chi connectivity index (χ4v) is 2.08. The van der Waals surface area contributed by atoms with Gasteiger partial charge in [0.05, 0.1) is 21.3 Å². The molecule has 17 heavy (non-hydrogen) atoms. The van der Waals surface area contributed by atoms with E-state index in [0.717, 1.165) is 14.7 Å². The van der Waals surface area contributed by atoms with E-state index in [-0.39, 0.29) is 11.2 Å². The lowest BCUT2D eigenvalue weighted by atomic mass is 9.84. The Hall–Kier alpha value is 0.0949. The minimum atomic E-state index is -0.413. The molecule has 2 rings (SSSR count). The van der Waals surface area contributed by atoms with Crippen molar-refractivity contribution in [2.24, 2.45) is 0 Å². The first-order chi connectivity index (χ1) is 7.73. The van der Waals surface area contributed by atoms with Crippen LogP contribution in [0.5, 0.6) is 0 Å². The summed E-state index contributed by atoms with van der Waals surface area (Å²) in [6, 6.07) is 3.83. The first kappa shape index (κ1) is 13.5. The zero-order valence-corrected chi connectivity index (χ0v) is 13.4. The Balaban J connectivity index is 2.29. The van der Waals surface area contributed by atoms with Crippen LogP contribution >= 0.6 is 31.9 Å². The molecule has 1 aromatic heterocycles. The van der Waals surface area contributed by atoms with Crippen LogP contribution in [0.2, 0.25) is 0 Å². The average molecular weight is 363 g/mol. The zero-order valence-electron chi connectivity index (χ0n) is 10.3. The van der Waals surface area contributed by atoms with Gasteiger partial charge in [-0.05, 0) is 71.7 Å². The number of hydrogen-bond donors (Lipinski definition) is 0. The second-order valence-corrected chi connectivity index (χ2v) is 6.70. The van der Waals surface area contributed by atoms with Gasteiger partial charge in [-0.15, -0.1) is 0 Å². The van der Waals surface area contributed by atoms with Crippen LogP contribution in [0.15, 0.2) is 21.2 Å². The summed E-state index contributed by atoms with van der Waals surface area (Å²) in [5.74, 6) is 0. The lowest BCUT2D eigenvalue weighted by Crippen LogP contribution is -2.41. The summed E-state index contributed by atoms with van der Waals surface area (Å²) in [5, 5.41) is 0. The summed E-state index contributed by atoms with van der Waals surface area (Å²) < 4.78 is 13.5. The van der Waals surface area contributed by atoms with Crippen molar-refractivity contribution in [3.63, 3.8) is 0 Å². The van der Waals surface area contributed by atoms with E-state index in [4.69, 9.17) is 9.31 Å². The van der Waals surface area contributed by atoms with Crippen molar-refractivity contribution < 1.29 is 9.31 Å². The van der Waals surface area contributed by atoms with Gasteiger partial charge >= 0.3 is 7.12 Å². The Morgan fingerprint density at radius 1 is 1.06 bits per heavy atom. The predicted octanol–water partition coefficient (Wildman–Crippen LogP) is 2.91. The molecule has 0 amide bonds. The number of pyridine rings is 1. The molecule has 0 N–H and O–H groups in total. The Morgan fingerprint density at radius 2 is 1.59 bits per heavy atom. The van der Waals surface area contributed by atoms with E-state index in [2.05, 4.69) is 36.8 Å². The summed E-state index contributed by atoms with van der Waals surface area (Å²) >= 11 is 6.77. The van der Waals surface area contributed by atoms with E-state index < -0.39 is 7.12 Å². The highest BCUT2D eigenvalue weighted by molar-refractivity contribution is 9.13. The second kappa shape index (κ2) is 4.33. The van der Waals surface area contributed by atoms with Gasteiger partial charge in [0.1, 0.15) is 4.60 Å². The van der Waals surface area contributed by atoms with Gasteiger partial charge in [0, 0.05) is 0 Å². The summed E-state index contributed by atoms with van der Waals surface area (Å²) in [4.78, 5) is 4.41. The molecule has 3 nitrogen and oxygen atoms in total. The van der Waals surface area contributed by atoms with Gasteiger partial charge in [-0.25, -0.2) is 4.98 Å². The maximum absolute atomic E-state index is 5.92. The third-order valence-electron chi connectivity index (χ3n) is 3.32. The van der Waals surface area contributed by atoms with Gasteiger partial charge < -0.3 is 9.31 Å². The molecule has 0 spiro atoms. The molecule has 0 radical (unpaired) electrons. The van der Waals surface area contributed by atoms with Gasteiger partial charge in [0.2, 0.25) is 0 Å². The Morgan fingerprint density at radius 3 is 2.06 bits per heavy atom. The lowest BCUT2D eigenvalue weighted by molar-refractivity contribution is 0.00578. The molecule has 6 heteroatoms. The van der Waals surface area contributed by atoms with Gasteiger partial charge in [0.15, 0.2) is 0 Å². The molecule has 1 saturated heterocycles. The maximum Gasteiger partial charge on any atom is 0.514 e. The van der Waals surface area contributed by atoms with Crippen LogP contribution in [0.3, 0.4) is 0 Å². The quantitative estimate of drug-likeness (QED) is 0.568. The Kier molecular flexibility index (Phi) is 3.45. The summed E-state index contributed by atoms with van der Waals surface area (Å²) in [7, 11) is -0.413. The van der Waals surface area contributed by atoms with E-state index in [0.29, 0.717) is 0 Å². The van der Waals surface area contributed by atoms with E-state index in [1.165, 1.54) is 0 Å². The minimum Gasteiger partial charge on any atom is -0.398 e. The molecule has 0 saturated carbocycles. The van der Waals surface area contributed by atoms with Crippen LogP contribution in [-0.4, -0.2) is 23.3 Å². The van der Waals surface area contributed by atoms with Crippen LogP contribution in [0.1, 0.15) is 27.7 Å². The van der Waals surface area contributed by atoms with E-state index >= 15 is 0 Å². The molecule has 1 fully saturated rings. The first-order valence-corrected chi connectivity index (χ1v) is 6.99. The van der Waals surface area contributed by atoms with Crippen LogP contribution in [0.25, 0.3) is 0 Å². The van der Waals surface area contributed by atoms with Crippen LogP contribution in [0, 0.1) is 0 Å². The summed E-state index contributed by atoms with van der Waals surface area (Å²) in [6.07, 6.45) is 0. The lowest BCUT2D eigenvalue weighted by Gasteiger charge is -2.32.